The molecule has 8 heteroatoms. The first-order valence-electron chi connectivity index (χ1n) is 6.42. The second kappa shape index (κ2) is 5.72. The van der Waals surface area contributed by atoms with E-state index in [9.17, 15) is 18.3 Å². The van der Waals surface area contributed by atoms with Gasteiger partial charge in [-0.2, -0.15) is 0 Å². The summed E-state index contributed by atoms with van der Waals surface area (Å²) < 4.78 is 31.8. The second-order valence-corrected chi connectivity index (χ2v) is 6.79. The van der Waals surface area contributed by atoms with Gasteiger partial charge in [0.15, 0.2) is 0 Å². The Hall–Kier alpha value is -1.48. The van der Waals surface area contributed by atoms with Gasteiger partial charge in [0.25, 0.3) is 0 Å². The number of benzene rings is 1. The van der Waals surface area contributed by atoms with Gasteiger partial charge in [-0.05, 0) is 31.2 Å². The van der Waals surface area contributed by atoms with Crippen LogP contribution in [0.3, 0.4) is 0 Å². The number of sulfonamides is 1. The summed E-state index contributed by atoms with van der Waals surface area (Å²) in [5, 5.41) is 19.0. The lowest BCUT2D eigenvalue weighted by Gasteiger charge is -2.26. The highest BCUT2D eigenvalue weighted by molar-refractivity contribution is 7.89. The maximum Gasteiger partial charge on any atom is 0.335 e. The van der Waals surface area contributed by atoms with Gasteiger partial charge >= 0.3 is 5.97 Å². The summed E-state index contributed by atoms with van der Waals surface area (Å²) in [5.41, 5.74) is -1.22. The number of rotatable bonds is 5. The summed E-state index contributed by atoms with van der Waals surface area (Å²) in [6.07, 6.45) is -0.0937. The zero-order chi connectivity index (χ0) is 15.7. The van der Waals surface area contributed by atoms with Gasteiger partial charge in [-0.25, -0.2) is 17.9 Å². The van der Waals surface area contributed by atoms with Crippen molar-refractivity contribution in [2.24, 2.45) is 0 Å². The summed E-state index contributed by atoms with van der Waals surface area (Å²) in [6, 6.07) is 4.86. The molecule has 1 saturated heterocycles. The molecule has 0 amide bonds. The average molecular weight is 315 g/mol. The summed E-state index contributed by atoms with van der Waals surface area (Å²) in [5.74, 6) is -1.13. The molecule has 1 aromatic rings. The Bertz CT molecular complexity index is 627. The molecule has 116 valence electrons. The van der Waals surface area contributed by atoms with Gasteiger partial charge in [0.1, 0.15) is 5.60 Å². The molecule has 2 atom stereocenters. The van der Waals surface area contributed by atoms with E-state index in [4.69, 9.17) is 9.84 Å². The number of hydrogen-bond acceptors (Lipinski definition) is 5. The summed E-state index contributed by atoms with van der Waals surface area (Å²) in [7, 11) is -3.81. The molecular formula is C13H17NO6S. The Morgan fingerprint density at radius 2 is 2.05 bits per heavy atom. The van der Waals surface area contributed by atoms with Crippen molar-refractivity contribution in [3.63, 3.8) is 0 Å². The Morgan fingerprint density at radius 3 is 2.52 bits per heavy atom. The lowest BCUT2D eigenvalue weighted by Crippen LogP contribution is -2.47. The van der Waals surface area contributed by atoms with E-state index < -0.39 is 27.7 Å². The molecule has 0 aliphatic carbocycles. The molecule has 0 radical (unpaired) electrons. The second-order valence-electron chi connectivity index (χ2n) is 5.02. The predicted octanol–water partition coefficient (Wildman–Crippen LogP) is 0.203. The van der Waals surface area contributed by atoms with Gasteiger partial charge in [-0.1, -0.05) is 0 Å². The summed E-state index contributed by atoms with van der Waals surface area (Å²) in [6.45, 7) is 1.91. The van der Waals surface area contributed by atoms with E-state index in [2.05, 4.69) is 4.72 Å². The molecule has 3 N–H and O–H groups in total. The SMILES string of the molecule is CC1OCCC1(O)CNS(=O)(=O)c1ccc(C(=O)O)cc1. The number of carboxylic acids is 1. The maximum atomic E-state index is 12.1. The smallest absolute Gasteiger partial charge is 0.335 e. The number of carbonyl (C=O) groups is 1. The number of ether oxygens (including phenoxy) is 1. The molecule has 21 heavy (non-hydrogen) atoms. The zero-order valence-corrected chi connectivity index (χ0v) is 12.3. The Balaban J connectivity index is 2.10. The molecule has 0 bridgehead atoms. The van der Waals surface area contributed by atoms with Crippen LogP contribution in [0.4, 0.5) is 0 Å². The lowest BCUT2D eigenvalue weighted by atomic mass is 9.97. The van der Waals surface area contributed by atoms with Gasteiger partial charge in [0.2, 0.25) is 10.0 Å². The maximum absolute atomic E-state index is 12.1. The van der Waals surface area contributed by atoms with Gasteiger partial charge in [-0.3, -0.25) is 0 Å². The van der Waals surface area contributed by atoms with Gasteiger partial charge in [-0.15, -0.1) is 0 Å². The number of aromatic carboxylic acids is 1. The van der Waals surface area contributed by atoms with Crippen LogP contribution in [-0.2, 0) is 14.8 Å². The largest absolute Gasteiger partial charge is 0.478 e. The molecule has 1 aliphatic heterocycles. The fraction of sp³-hybridized carbons (Fsp3) is 0.462. The fourth-order valence-corrected chi connectivity index (χ4v) is 3.18. The quantitative estimate of drug-likeness (QED) is 0.715. The number of nitrogens with one attached hydrogen (secondary N) is 1. The van der Waals surface area contributed by atoms with Crippen LogP contribution in [0.1, 0.15) is 23.7 Å². The molecular weight excluding hydrogens is 298 g/mol. The van der Waals surface area contributed by atoms with Crippen LogP contribution in [0.2, 0.25) is 0 Å². The average Bonchev–Trinajstić information content (AvgIpc) is 2.77. The third-order valence-corrected chi connectivity index (χ3v) is 5.06. The number of aliphatic hydroxyl groups is 1. The highest BCUT2D eigenvalue weighted by Crippen LogP contribution is 2.25. The van der Waals surface area contributed by atoms with Crippen molar-refractivity contribution in [3.8, 4) is 0 Å². The minimum Gasteiger partial charge on any atom is -0.478 e. The Kier molecular flexibility index (Phi) is 4.33. The molecule has 0 spiro atoms. The highest BCUT2D eigenvalue weighted by Gasteiger charge is 2.40. The van der Waals surface area contributed by atoms with Crippen molar-refractivity contribution in [3.05, 3.63) is 29.8 Å². The van der Waals surface area contributed by atoms with Crippen LogP contribution >= 0.6 is 0 Å². The van der Waals surface area contributed by atoms with Gasteiger partial charge in [0.05, 0.1) is 16.6 Å². The van der Waals surface area contributed by atoms with Crippen LogP contribution in [0, 0.1) is 0 Å². The first-order chi connectivity index (χ1) is 9.74. The van der Waals surface area contributed by atoms with Crippen LogP contribution in [0.15, 0.2) is 29.2 Å². The minimum absolute atomic E-state index is 0.00499. The molecule has 1 heterocycles. The first kappa shape index (κ1) is 15.9. The molecule has 0 aromatic heterocycles. The molecule has 1 fully saturated rings. The van der Waals surface area contributed by atoms with E-state index in [-0.39, 0.29) is 17.0 Å². The topological polar surface area (TPSA) is 113 Å². The van der Waals surface area contributed by atoms with Crippen LogP contribution in [0.5, 0.6) is 0 Å². The standard InChI is InChI=1S/C13H17NO6S/c1-9-13(17,6-7-20-9)8-14-21(18,19)11-4-2-10(3-5-11)12(15)16/h2-5,9,14,17H,6-8H2,1H3,(H,15,16). The number of hydrogen-bond donors (Lipinski definition) is 3. The van der Waals surface area contributed by atoms with Crippen molar-refractivity contribution >= 4 is 16.0 Å². The minimum atomic E-state index is -3.81. The van der Waals surface area contributed by atoms with Crippen molar-refractivity contribution in [2.75, 3.05) is 13.2 Å². The van der Waals surface area contributed by atoms with E-state index >= 15 is 0 Å². The van der Waals surface area contributed by atoms with E-state index in [1.54, 1.807) is 6.92 Å². The van der Waals surface area contributed by atoms with Crippen molar-refractivity contribution < 1.29 is 28.2 Å². The summed E-state index contributed by atoms with van der Waals surface area (Å²) >= 11 is 0. The molecule has 7 nitrogen and oxygen atoms in total. The monoisotopic (exact) mass is 315 g/mol. The van der Waals surface area contributed by atoms with Crippen molar-refractivity contribution in [1.29, 1.82) is 0 Å². The van der Waals surface area contributed by atoms with E-state index in [0.29, 0.717) is 13.0 Å². The molecule has 1 aliphatic rings. The van der Waals surface area contributed by atoms with Gasteiger partial charge < -0.3 is 14.9 Å². The number of carboxylic acid groups (broad SMARTS) is 1. The Labute approximate surface area is 122 Å². The fourth-order valence-electron chi connectivity index (χ4n) is 2.08. The predicted molar refractivity (Wildman–Crippen MR) is 73.6 cm³/mol. The molecule has 0 saturated carbocycles. The van der Waals surface area contributed by atoms with Crippen LogP contribution in [-0.4, -0.2) is 49.5 Å². The highest BCUT2D eigenvalue weighted by atomic mass is 32.2. The van der Waals surface area contributed by atoms with E-state index in [0.717, 1.165) is 0 Å². The van der Waals surface area contributed by atoms with E-state index in [1.165, 1.54) is 24.3 Å². The van der Waals surface area contributed by atoms with Crippen molar-refractivity contribution in [1.82, 2.24) is 4.72 Å². The van der Waals surface area contributed by atoms with E-state index in [1.807, 2.05) is 0 Å². The zero-order valence-electron chi connectivity index (χ0n) is 11.4. The third-order valence-electron chi connectivity index (χ3n) is 3.64. The molecule has 2 unspecified atom stereocenters. The Morgan fingerprint density at radius 1 is 1.43 bits per heavy atom. The normalized spacial score (nSPS) is 25.9. The first-order valence-corrected chi connectivity index (χ1v) is 7.90. The van der Waals surface area contributed by atoms with Crippen LogP contribution in [0.25, 0.3) is 0 Å². The van der Waals surface area contributed by atoms with Gasteiger partial charge in [0, 0.05) is 19.6 Å². The molecule has 2 rings (SSSR count). The summed E-state index contributed by atoms with van der Waals surface area (Å²) in [4.78, 5) is 10.7. The van der Waals surface area contributed by atoms with Crippen molar-refractivity contribution in [2.45, 2.75) is 29.9 Å². The van der Waals surface area contributed by atoms with Crippen LogP contribution < -0.4 is 4.72 Å². The third kappa shape index (κ3) is 3.41. The lowest BCUT2D eigenvalue weighted by molar-refractivity contribution is -0.0228. The molecule has 1 aromatic carbocycles.